The van der Waals surface area contributed by atoms with E-state index in [1.807, 2.05) is 17.5 Å². The first-order valence-electron chi connectivity index (χ1n) is 7.90. The average molecular weight is 375 g/mol. The number of amides is 3. The van der Waals surface area contributed by atoms with Crippen molar-refractivity contribution in [1.82, 2.24) is 10.6 Å². The molecule has 8 nitrogen and oxygen atoms in total. The molecule has 1 aromatic carbocycles. The molecular formula is C17H17N3O5S. The monoisotopic (exact) mass is 375 g/mol. The van der Waals surface area contributed by atoms with Gasteiger partial charge in [0.25, 0.3) is 0 Å². The van der Waals surface area contributed by atoms with E-state index in [1.54, 1.807) is 29.5 Å². The molecule has 0 bridgehead atoms. The first kappa shape index (κ1) is 17.7. The lowest BCUT2D eigenvalue weighted by molar-refractivity contribution is -0.139. The van der Waals surface area contributed by atoms with Crippen LogP contribution in [0.4, 0.5) is 5.69 Å². The summed E-state index contributed by atoms with van der Waals surface area (Å²) in [5.41, 5.74) is 0.508. The number of hydrogen-bond donors (Lipinski definition) is 3. The van der Waals surface area contributed by atoms with Crippen molar-refractivity contribution in [3.8, 4) is 11.5 Å². The quantitative estimate of drug-likeness (QED) is 0.651. The SMILES string of the molecule is O=C(CNC(=O)C(=O)NCCc1cccs1)Nc1ccc2c(c1)OCO2. The van der Waals surface area contributed by atoms with E-state index < -0.39 is 17.7 Å². The normalized spacial score (nSPS) is 11.7. The molecule has 9 heteroatoms. The Morgan fingerprint density at radius 2 is 1.85 bits per heavy atom. The van der Waals surface area contributed by atoms with Crippen molar-refractivity contribution in [1.29, 1.82) is 0 Å². The highest BCUT2D eigenvalue weighted by atomic mass is 32.1. The summed E-state index contributed by atoms with van der Waals surface area (Å²) in [5.74, 6) is -0.925. The van der Waals surface area contributed by atoms with E-state index in [2.05, 4.69) is 16.0 Å². The highest BCUT2D eigenvalue weighted by molar-refractivity contribution is 7.09. The second kappa shape index (κ2) is 8.34. The van der Waals surface area contributed by atoms with E-state index in [-0.39, 0.29) is 13.3 Å². The minimum absolute atomic E-state index is 0.143. The molecule has 3 rings (SSSR count). The zero-order valence-corrected chi connectivity index (χ0v) is 14.6. The van der Waals surface area contributed by atoms with Gasteiger partial charge in [0.05, 0.1) is 6.54 Å². The largest absolute Gasteiger partial charge is 0.454 e. The summed E-state index contributed by atoms with van der Waals surface area (Å²) in [6.45, 7) is 0.187. The molecule has 0 spiro atoms. The lowest BCUT2D eigenvalue weighted by Gasteiger charge is -2.08. The number of carbonyl (C=O) groups is 3. The minimum Gasteiger partial charge on any atom is -0.454 e. The van der Waals surface area contributed by atoms with Crippen LogP contribution >= 0.6 is 11.3 Å². The Kier molecular flexibility index (Phi) is 5.69. The predicted octanol–water partition coefficient (Wildman–Crippen LogP) is 0.890. The van der Waals surface area contributed by atoms with E-state index in [9.17, 15) is 14.4 Å². The lowest BCUT2D eigenvalue weighted by Crippen LogP contribution is -2.43. The van der Waals surface area contributed by atoms with Crippen molar-refractivity contribution in [3.05, 3.63) is 40.6 Å². The number of fused-ring (bicyclic) bond motifs is 1. The highest BCUT2D eigenvalue weighted by Gasteiger charge is 2.16. The van der Waals surface area contributed by atoms with Crippen LogP contribution in [-0.2, 0) is 20.8 Å². The molecule has 3 N–H and O–H groups in total. The fourth-order valence-electron chi connectivity index (χ4n) is 2.25. The number of nitrogens with one attached hydrogen (secondary N) is 3. The molecular weight excluding hydrogens is 358 g/mol. The van der Waals surface area contributed by atoms with E-state index >= 15 is 0 Å². The van der Waals surface area contributed by atoms with Crippen molar-refractivity contribution < 1.29 is 23.9 Å². The molecule has 0 unspecified atom stereocenters. The number of thiophene rings is 1. The first-order chi connectivity index (χ1) is 12.6. The van der Waals surface area contributed by atoms with Gasteiger partial charge in [-0.2, -0.15) is 0 Å². The van der Waals surface area contributed by atoms with Gasteiger partial charge in [-0.25, -0.2) is 0 Å². The molecule has 0 saturated carbocycles. The molecule has 0 saturated heterocycles. The van der Waals surface area contributed by atoms with E-state index in [0.29, 0.717) is 30.2 Å². The zero-order valence-electron chi connectivity index (χ0n) is 13.7. The van der Waals surface area contributed by atoms with Crippen molar-refractivity contribution in [2.75, 3.05) is 25.2 Å². The maximum absolute atomic E-state index is 11.9. The van der Waals surface area contributed by atoms with Gasteiger partial charge in [0.1, 0.15) is 0 Å². The van der Waals surface area contributed by atoms with Crippen molar-refractivity contribution in [2.24, 2.45) is 0 Å². The molecule has 2 aromatic rings. The van der Waals surface area contributed by atoms with Crippen LogP contribution in [0, 0.1) is 0 Å². The van der Waals surface area contributed by atoms with Crippen LogP contribution in [0.1, 0.15) is 4.88 Å². The maximum atomic E-state index is 11.9. The van der Waals surface area contributed by atoms with Gasteiger partial charge in [-0.3, -0.25) is 14.4 Å². The van der Waals surface area contributed by atoms with Crippen LogP contribution in [0.25, 0.3) is 0 Å². The van der Waals surface area contributed by atoms with Crippen LogP contribution in [0.2, 0.25) is 0 Å². The standard InChI is InChI=1S/C17H17N3O5S/c21-15(20-11-3-4-13-14(8-11)25-10-24-13)9-19-17(23)16(22)18-6-5-12-2-1-7-26-12/h1-4,7-8H,5-6,9-10H2,(H,18,22)(H,19,23)(H,20,21). The molecule has 0 fully saturated rings. The van der Waals surface area contributed by atoms with Gasteiger partial charge in [-0.15, -0.1) is 11.3 Å². The highest BCUT2D eigenvalue weighted by Crippen LogP contribution is 2.34. The third-order valence-electron chi connectivity index (χ3n) is 3.51. The number of benzene rings is 1. The number of hydrogen-bond acceptors (Lipinski definition) is 6. The third kappa shape index (κ3) is 4.73. The minimum atomic E-state index is -0.850. The van der Waals surface area contributed by atoms with Gasteiger partial charge in [0.15, 0.2) is 11.5 Å². The molecule has 0 radical (unpaired) electrons. The third-order valence-corrected chi connectivity index (χ3v) is 4.45. The van der Waals surface area contributed by atoms with E-state index in [0.717, 1.165) is 4.88 Å². The molecule has 0 atom stereocenters. The van der Waals surface area contributed by atoms with Crippen LogP contribution < -0.4 is 25.4 Å². The molecule has 136 valence electrons. The van der Waals surface area contributed by atoms with Gasteiger partial charge in [0, 0.05) is 23.2 Å². The second-order valence-corrected chi connectivity index (χ2v) is 6.42. The predicted molar refractivity (Wildman–Crippen MR) is 95.2 cm³/mol. The van der Waals surface area contributed by atoms with Crippen molar-refractivity contribution in [2.45, 2.75) is 6.42 Å². The Morgan fingerprint density at radius 1 is 1.04 bits per heavy atom. The fraction of sp³-hybridized carbons (Fsp3) is 0.235. The average Bonchev–Trinajstić information content (AvgIpc) is 3.30. The van der Waals surface area contributed by atoms with Crippen LogP contribution in [0.3, 0.4) is 0 Å². The lowest BCUT2D eigenvalue weighted by atomic mass is 10.3. The summed E-state index contributed by atoms with van der Waals surface area (Å²) < 4.78 is 10.4. The van der Waals surface area contributed by atoms with Gasteiger partial charge >= 0.3 is 11.8 Å². The topological polar surface area (TPSA) is 106 Å². The van der Waals surface area contributed by atoms with E-state index in [1.165, 1.54) is 0 Å². The molecule has 1 aromatic heterocycles. The maximum Gasteiger partial charge on any atom is 0.309 e. The number of anilines is 1. The fourth-order valence-corrected chi connectivity index (χ4v) is 2.96. The molecule has 1 aliphatic heterocycles. The Balaban J connectivity index is 1.38. The zero-order chi connectivity index (χ0) is 18.4. The molecule has 3 amide bonds. The Bertz CT molecular complexity index is 807. The molecule has 1 aliphatic rings. The van der Waals surface area contributed by atoms with Gasteiger partial charge in [0.2, 0.25) is 12.7 Å². The van der Waals surface area contributed by atoms with Gasteiger partial charge < -0.3 is 25.4 Å². The summed E-state index contributed by atoms with van der Waals surface area (Å²) in [4.78, 5) is 36.4. The summed E-state index contributed by atoms with van der Waals surface area (Å²) in [7, 11) is 0. The Hall–Kier alpha value is -3.07. The van der Waals surface area contributed by atoms with Gasteiger partial charge in [-0.05, 0) is 30.0 Å². The van der Waals surface area contributed by atoms with Crippen LogP contribution in [0.5, 0.6) is 11.5 Å². The van der Waals surface area contributed by atoms with Crippen molar-refractivity contribution in [3.63, 3.8) is 0 Å². The summed E-state index contributed by atoms with van der Waals surface area (Å²) in [6, 6.07) is 8.84. The molecule has 0 aliphatic carbocycles. The summed E-state index contributed by atoms with van der Waals surface area (Å²) >= 11 is 1.58. The van der Waals surface area contributed by atoms with Crippen molar-refractivity contribution >= 4 is 34.7 Å². The molecule has 2 heterocycles. The van der Waals surface area contributed by atoms with Gasteiger partial charge in [-0.1, -0.05) is 6.07 Å². The number of carbonyl (C=O) groups excluding carboxylic acids is 3. The Labute approximate surface area is 153 Å². The van der Waals surface area contributed by atoms with E-state index in [4.69, 9.17) is 9.47 Å². The number of rotatable bonds is 6. The summed E-state index contributed by atoms with van der Waals surface area (Å²) in [5, 5.41) is 9.35. The number of ether oxygens (including phenoxy) is 2. The van der Waals surface area contributed by atoms with Crippen LogP contribution in [-0.4, -0.2) is 37.6 Å². The first-order valence-corrected chi connectivity index (χ1v) is 8.78. The van der Waals surface area contributed by atoms with Crippen LogP contribution in [0.15, 0.2) is 35.7 Å². The summed E-state index contributed by atoms with van der Waals surface area (Å²) in [6.07, 6.45) is 0.654. The second-order valence-electron chi connectivity index (χ2n) is 5.38. The Morgan fingerprint density at radius 3 is 2.65 bits per heavy atom. The smallest absolute Gasteiger partial charge is 0.309 e. The molecule has 26 heavy (non-hydrogen) atoms.